The molecule has 0 saturated heterocycles. The molecule has 0 fully saturated rings. The summed E-state index contributed by atoms with van der Waals surface area (Å²) >= 11 is 3.30. The SMILES string of the molecule is O=C(NCc1cc(=O)oc2cc(F)ccc12)c1ccc(Br)cc1. The van der Waals surface area contributed by atoms with Gasteiger partial charge in [-0.05, 0) is 42.0 Å². The topological polar surface area (TPSA) is 59.3 Å². The van der Waals surface area contributed by atoms with Crippen molar-refractivity contribution in [2.24, 2.45) is 0 Å². The van der Waals surface area contributed by atoms with E-state index in [4.69, 9.17) is 4.42 Å². The van der Waals surface area contributed by atoms with Gasteiger partial charge < -0.3 is 9.73 Å². The van der Waals surface area contributed by atoms with Gasteiger partial charge in [0.15, 0.2) is 0 Å². The summed E-state index contributed by atoms with van der Waals surface area (Å²) in [6.07, 6.45) is 0. The van der Waals surface area contributed by atoms with Crippen LogP contribution in [0, 0.1) is 5.82 Å². The molecule has 1 aromatic heterocycles. The van der Waals surface area contributed by atoms with Crippen LogP contribution < -0.4 is 10.9 Å². The van der Waals surface area contributed by atoms with Gasteiger partial charge in [-0.2, -0.15) is 0 Å². The molecule has 4 nitrogen and oxygen atoms in total. The Labute approximate surface area is 139 Å². The molecule has 1 N–H and O–H groups in total. The van der Waals surface area contributed by atoms with Crippen molar-refractivity contribution < 1.29 is 13.6 Å². The van der Waals surface area contributed by atoms with Crippen LogP contribution in [0.4, 0.5) is 4.39 Å². The Hall–Kier alpha value is -2.47. The zero-order valence-electron chi connectivity index (χ0n) is 11.8. The first kappa shape index (κ1) is 15.4. The van der Waals surface area contributed by atoms with Gasteiger partial charge in [-0.1, -0.05) is 15.9 Å². The molecule has 3 aromatic rings. The minimum atomic E-state index is -0.587. The van der Waals surface area contributed by atoms with Gasteiger partial charge in [-0.3, -0.25) is 4.79 Å². The van der Waals surface area contributed by atoms with Crippen LogP contribution in [0.25, 0.3) is 11.0 Å². The summed E-state index contributed by atoms with van der Waals surface area (Å²) in [5.41, 5.74) is 0.648. The van der Waals surface area contributed by atoms with Crippen molar-refractivity contribution in [3.05, 3.63) is 80.4 Å². The Kier molecular flexibility index (Phi) is 4.25. The molecule has 0 aliphatic carbocycles. The van der Waals surface area contributed by atoms with Crippen molar-refractivity contribution in [2.45, 2.75) is 6.54 Å². The lowest BCUT2D eigenvalue weighted by Crippen LogP contribution is -2.23. The van der Waals surface area contributed by atoms with Gasteiger partial charge >= 0.3 is 5.63 Å². The molecule has 0 radical (unpaired) electrons. The number of hydrogen-bond acceptors (Lipinski definition) is 3. The summed E-state index contributed by atoms with van der Waals surface area (Å²) in [6.45, 7) is 0.141. The standard InChI is InChI=1S/C17H11BrFNO3/c18-12-3-1-10(2-4-12)17(22)20-9-11-7-16(21)23-15-8-13(19)5-6-14(11)15/h1-8H,9H2,(H,20,22). The lowest BCUT2D eigenvalue weighted by Gasteiger charge is -2.08. The maximum atomic E-state index is 13.2. The minimum Gasteiger partial charge on any atom is -0.423 e. The fourth-order valence-corrected chi connectivity index (χ4v) is 2.49. The van der Waals surface area contributed by atoms with E-state index in [1.165, 1.54) is 18.2 Å². The second-order valence-electron chi connectivity index (χ2n) is 4.92. The van der Waals surface area contributed by atoms with Crippen LogP contribution in [0.1, 0.15) is 15.9 Å². The fourth-order valence-electron chi connectivity index (χ4n) is 2.23. The van der Waals surface area contributed by atoms with Gasteiger partial charge in [0.1, 0.15) is 11.4 Å². The maximum Gasteiger partial charge on any atom is 0.336 e. The van der Waals surface area contributed by atoms with E-state index in [9.17, 15) is 14.0 Å². The highest BCUT2D eigenvalue weighted by Crippen LogP contribution is 2.18. The first-order chi connectivity index (χ1) is 11.0. The highest BCUT2D eigenvalue weighted by Gasteiger charge is 2.09. The smallest absolute Gasteiger partial charge is 0.336 e. The number of hydrogen-bond donors (Lipinski definition) is 1. The summed E-state index contributed by atoms with van der Waals surface area (Å²) in [5, 5.41) is 3.33. The van der Waals surface area contributed by atoms with Crippen molar-refractivity contribution in [1.82, 2.24) is 5.32 Å². The van der Waals surface area contributed by atoms with Gasteiger partial charge in [0.25, 0.3) is 5.91 Å². The average molecular weight is 376 g/mol. The van der Waals surface area contributed by atoms with Crippen LogP contribution in [0.15, 0.2) is 62.2 Å². The van der Waals surface area contributed by atoms with Gasteiger partial charge in [0.2, 0.25) is 0 Å². The van der Waals surface area contributed by atoms with Crippen LogP contribution in [-0.2, 0) is 6.54 Å². The normalized spacial score (nSPS) is 10.7. The van der Waals surface area contributed by atoms with Crippen LogP contribution in [-0.4, -0.2) is 5.91 Å². The first-order valence-electron chi connectivity index (χ1n) is 6.79. The van der Waals surface area contributed by atoms with Gasteiger partial charge in [0, 0.05) is 34.1 Å². The summed E-state index contributed by atoms with van der Waals surface area (Å²) in [6, 6.07) is 12.2. The average Bonchev–Trinajstić information content (AvgIpc) is 2.52. The highest BCUT2D eigenvalue weighted by atomic mass is 79.9. The molecule has 0 spiro atoms. The van der Waals surface area contributed by atoms with E-state index in [0.29, 0.717) is 16.5 Å². The molecule has 0 aliphatic rings. The molecule has 0 saturated carbocycles. The largest absolute Gasteiger partial charge is 0.423 e. The summed E-state index contributed by atoms with van der Waals surface area (Å²) in [7, 11) is 0. The predicted octanol–water partition coefficient (Wildman–Crippen LogP) is 3.62. The van der Waals surface area contributed by atoms with Crippen LogP contribution in [0.5, 0.6) is 0 Å². The van der Waals surface area contributed by atoms with Crippen LogP contribution in [0.3, 0.4) is 0 Å². The van der Waals surface area contributed by atoms with E-state index in [0.717, 1.165) is 10.5 Å². The number of fused-ring (bicyclic) bond motifs is 1. The molecule has 0 aliphatic heterocycles. The van der Waals surface area contributed by atoms with Gasteiger partial charge in [0.05, 0.1) is 0 Å². The third-order valence-electron chi connectivity index (χ3n) is 3.34. The number of carbonyl (C=O) groups excluding carboxylic acids is 1. The third kappa shape index (κ3) is 3.48. The molecule has 2 aromatic carbocycles. The summed E-state index contributed by atoms with van der Waals surface area (Å²) in [5.74, 6) is -0.752. The van der Waals surface area contributed by atoms with Crippen LogP contribution in [0.2, 0.25) is 0 Å². The quantitative estimate of drug-likeness (QED) is 0.711. The fraction of sp³-hybridized carbons (Fsp3) is 0.0588. The second-order valence-corrected chi connectivity index (χ2v) is 5.84. The zero-order chi connectivity index (χ0) is 16.4. The highest BCUT2D eigenvalue weighted by molar-refractivity contribution is 9.10. The van der Waals surface area contributed by atoms with E-state index in [-0.39, 0.29) is 18.0 Å². The lowest BCUT2D eigenvalue weighted by atomic mass is 10.1. The van der Waals surface area contributed by atoms with Gasteiger partial charge in [-0.15, -0.1) is 0 Å². The number of amides is 1. The number of rotatable bonds is 3. The number of benzene rings is 2. The van der Waals surface area contributed by atoms with Crippen molar-refractivity contribution in [3.63, 3.8) is 0 Å². The van der Waals surface area contributed by atoms with Gasteiger partial charge in [-0.25, -0.2) is 9.18 Å². The van der Waals surface area contributed by atoms with E-state index in [2.05, 4.69) is 21.2 Å². The third-order valence-corrected chi connectivity index (χ3v) is 3.87. The Bertz CT molecular complexity index is 935. The zero-order valence-corrected chi connectivity index (χ0v) is 13.4. The molecule has 0 atom stereocenters. The lowest BCUT2D eigenvalue weighted by molar-refractivity contribution is 0.0951. The van der Waals surface area contributed by atoms with Crippen molar-refractivity contribution in [3.8, 4) is 0 Å². The monoisotopic (exact) mass is 375 g/mol. The van der Waals surface area contributed by atoms with Crippen molar-refractivity contribution in [2.75, 3.05) is 0 Å². The van der Waals surface area contributed by atoms with E-state index in [1.54, 1.807) is 24.3 Å². The number of nitrogens with one attached hydrogen (secondary N) is 1. The molecular formula is C17H11BrFNO3. The molecular weight excluding hydrogens is 365 g/mol. The first-order valence-corrected chi connectivity index (χ1v) is 7.58. The summed E-state index contributed by atoms with van der Waals surface area (Å²) in [4.78, 5) is 23.7. The minimum absolute atomic E-state index is 0.141. The maximum absolute atomic E-state index is 13.2. The number of halogens is 2. The van der Waals surface area contributed by atoms with Crippen LogP contribution >= 0.6 is 15.9 Å². The molecule has 23 heavy (non-hydrogen) atoms. The molecule has 6 heteroatoms. The molecule has 116 valence electrons. The molecule has 3 rings (SSSR count). The predicted molar refractivity (Wildman–Crippen MR) is 87.8 cm³/mol. The van der Waals surface area contributed by atoms with E-state index >= 15 is 0 Å². The number of carbonyl (C=O) groups is 1. The van der Waals surface area contributed by atoms with E-state index < -0.39 is 11.4 Å². The van der Waals surface area contributed by atoms with Crippen molar-refractivity contribution in [1.29, 1.82) is 0 Å². The van der Waals surface area contributed by atoms with Crippen molar-refractivity contribution >= 4 is 32.8 Å². The Balaban J connectivity index is 1.85. The Morgan fingerprint density at radius 3 is 2.61 bits per heavy atom. The second kappa shape index (κ2) is 6.34. The molecule has 0 bridgehead atoms. The Morgan fingerprint density at radius 1 is 1.13 bits per heavy atom. The van der Waals surface area contributed by atoms with E-state index in [1.807, 2.05) is 0 Å². The summed E-state index contributed by atoms with van der Waals surface area (Å²) < 4.78 is 19.1. The molecule has 1 heterocycles. The molecule has 0 unspecified atom stereocenters. The Morgan fingerprint density at radius 2 is 1.87 bits per heavy atom. The molecule has 1 amide bonds.